The second-order valence-corrected chi connectivity index (χ2v) is 4.56. The van der Waals surface area contributed by atoms with Crippen LogP contribution < -0.4 is 0 Å². The van der Waals surface area contributed by atoms with Crippen LogP contribution in [0.15, 0.2) is 24.3 Å². The summed E-state index contributed by atoms with van der Waals surface area (Å²) in [6.07, 6.45) is 2.33. The van der Waals surface area contributed by atoms with Crippen LogP contribution in [-0.2, 0) is 0 Å². The van der Waals surface area contributed by atoms with E-state index in [-0.39, 0.29) is 5.13 Å². The highest BCUT2D eigenvalue weighted by Crippen LogP contribution is 2.46. The van der Waals surface area contributed by atoms with E-state index in [1.54, 1.807) is 0 Å². The van der Waals surface area contributed by atoms with E-state index < -0.39 is 0 Å². The molecular formula is C11H9FS. The SMILES string of the molecule is Fc1sc2ccccc2c1C1CC1. The molecule has 0 nitrogen and oxygen atoms in total. The molecule has 0 amide bonds. The maximum atomic E-state index is 13.5. The highest BCUT2D eigenvalue weighted by atomic mass is 32.1. The third-order valence-electron chi connectivity index (χ3n) is 2.57. The fourth-order valence-electron chi connectivity index (χ4n) is 1.79. The Hall–Kier alpha value is -0.890. The zero-order valence-corrected chi connectivity index (χ0v) is 7.90. The van der Waals surface area contributed by atoms with Crippen molar-refractivity contribution >= 4 is 21.4 Å². The van der Waals surface area contributed by atoms with E-state index in [2.05, 4.69) is 0 Å². The highest BCUT2D eigenvalue weighted by Gasteiger charge is 2.29. The first-order chi connectivity index (χ1) is 6.36. The summed E-state index contributed by atoms with van der Waals surface area (Å²) in [5.74, 6) is 0.510. The lowest BCUT2D eigenvalue weighted by molar-refractivity contribution is 0.643. The first-order valence-corrected chi connectivity index (χ1v) is 5.35. The Morgan fingerprint density at radius 3 is 2.77 bits per heavy atom. The monoisotopic (exact) mass is 192 g/mol. The summed E-state index contributed by atoms with van der Waals surface area (Å²) in [6, 6.07) is 7.98. The van der Waals surface area contributed by atoms with Crippen LogP contribution in [0.25, 0.3) is 10.1 Å². The van der Waals surface area contributed by atoms with Crippen LogP contribution in [0.3, 0.4) is 0 Å². The molecule has 0 saturated heterocycles. The molecule has 0 aliphatic heterocycles. The van der Waals surface area contributed by atoms with E-state index >= 15 is 0 Å². The maximum Gasteiger partial charge on any atom is 0.181 e. The molecular weight excluding hydrogens is 183 g/mol. The standard InChI is InChI=1S/C11H9FS/c12-11-10(7-5-6-7)8-3-1-2-4-9(8)13-11/h1-4,7H,5-6H2. The normalized spacial score (nSPS) is 16.7. The van der Waals surface area contributed by atoms with Crippen molar-refractivity contribution in [2.45, 2.75) is 18.8 Å². The summed E-state index contributed by atoms with van der Waals surface area (Å²) in [4.78, 5) is 0. The molecule has 1 aliphatic carbocycles. The van der Waals surface area contributed by atoms with Crippen molar-refractivity contribution in [2.24, 2.45) is 0 Å². The Morgan fingerprint density at radius 1 is 1.23 bits per heavy atom. The quantitative estimate of drug-likeness (QED) is 0.642. The topological polar surface area (TPSA) is 0 Å². The zero-order chi connectivity index (χ0) is 8.84. The number of fused-ring (bicyclic) bond motifs is 1. The van der Waals surface area contributed by atoms with E-state index in [9.17, 15) is 4.39 Å². The highest BCUT2D eigenvalue weighted by molar-refractivity contribution is 7.17. The average Bonchev–Trinajstić information content (AvgIpc) is 2.88. The number of benzene rings is 1. The van der Waals surface area contributed by atoms with Crippen molar-refractivity contribution in [3.8, 4) is 0 Å². The van der Waals surface area contributed by atoms with Gasteiger partial charge < -0.3 is 0 Å². The number of halogens is 1. The van der Waals surface area contributed by atoms with Crippen molar-refractivity contribution in [1.29, 1.82) is 0 Å². The van der Waals surface area contributed by atoms with Gasteiger partial charge in [0.15, 0.2) is 5.13 Å². The number of hydrogen-bond acceptors (Lipinski definition) is 1. The average molecular weight is 192 g/mol. The third kappa shape index (κ3) is 1.09. The summed E-state index contributed by atoms with van der Waals surface area (Å²) in [7, 11) is 0. The number of thiophene rings is 1. The summed E-state index contributed by atoms with van der Waals surface area (Å²) >= 11 is 1.28. The summed E-state index contributed by atoms with van der Waals surface area (Å²) in [5, 5.41) is 1.16. The van der Waals surface area contributed by atoms with Gasteiger partial charge in [0.2, 0.25) is 0 Å². The van der Waals surface area contributed by atoms with Crippen molar-refractivity contribution in [1.82, 2.24) is 0 Å². The zero-order valence-electron chi connectivity index (χ0n) is 7.09. The molecule has 0 radical (unpaired) electrons. The Bertz CT molecular complexity index is 454. The molecule has 1 heterocycles. The van der Waals surface area contributed by atoms with E-state index in [1.807, 2.05) is 24.3 Å². The lowest BCUT2D eigenvalue weighted by Gasteiger charge is -1.93. The molecule has 0 bridgehead atoms. The van der Waals surface area contributed by atoms with Crippen LogP contribution in [0.1, 0.15) is 24.3 Å². The minimum absolute atomic E-state index is 0.0312. The molecule has 2 aromatic rings. The second kappa shape index (κ2) is 2.55. The number of hydrogen-bond donors (Lipinski definition) is 0. The molecule has 1 saturated carbocycles. The predicted octanol–water partition coefficient (Wildman–Crippen LogP) is 3.92. The van der Waals surface area contributed by atoms with Crippen LogP contribution in [0.5, 0.6) is 0 Å². The van der Waals surface area contributed by atoms with Crippen LogP contribution in [0, 0.1) is 5.13 Å². The minimum Gasteiger partial charge on any atom is -0.195 e. The minimum atomic E-state index is 0.0312. The van der Waals surface area contributed by atoms with E-state index in [1.165, 1.54) is 11.3 Å². The van der Waals surface area contributed by atoms with Gasteiger partial charge >= 0.3 is 0 Å². The molecule has 0 atom stereocenters. The Morgan fingerprint density at radius 2 is 2.00 bits per heavy atom. The van der Waals surface area contributed by atoms with Gasteiger partial charge in [0, 0.05) is 10.3 Å². The molecule has 0 unspecified atom stereocenters. The molecule has 1 aromatic carbocycles. The summed E-state index contributed by atoms with van der Waals surface area (Å²) in [6.45, 7) is 0. The molecule has 66 valence electrons. The molecule has 1 aromatic heterocycles. The van der Waals surface area contributed by atoms with Crippen LogP contribution in [-0.4, -0.2) is 0 Å². The Labute approximate surface area is 80.0 Å². The van der Waals surface area contributed by atoms with Gasteiger partial charge in [-0.3, -0.25) is 0 Å². The number of rotatable bonds is 1. The maximum absolute atomic E-state index is 13.5. The van der Waals surface area contributed by atoms with Gasteiger partial charge in [0.05, 0.1) is 0 Å². The summed E-state index contributed by atoms with van der Waals surface area (Å²) < 4.78 is 14.6. The Balaban J connectivity index is 2.35. The molecule has 1 aliphatic rings. The summed E-state index contributed by atoms with van der Waals surface area (Å²) in [5.41, 5.74) is 0.973. The van der Waals surface area contributed by atoms with Crippen LogP contribution >= 0.6 is 11.3 Å². The van der Waals surface area contributed by atoms with E-state index in [0.29, 0.717) is 5.92 Å². The molecule has 0 N–H and O–H groups in total. The van der Waals surface area contributed by atoms with Crippen molar-refractivity contribution in [3.63, 3.8) is 0 Å². The molecule has 0 spiro atoms. The van der Waals surface area contributed by atoms with E-state index in [0.717, 1.165) is 28.5 Å². The van der Waals surface area contributed by atoms with Gasteiger partial charge in [-0.1, -0.05) is 18.2 Å². The van der Waals surface area contributed by atoms with Gasteiger partial charge in [-0.15, -0.1) is 11.3 Å². The fraction of sp³-hybridized carbons (Fsp3) is 0.273. The van der Waals surface area contributed by atoms with Crippen molar-refractivity contribution < 1.29 is 4.39 Å². The Kier molecular flexibility index (Phi) is 1.47. The lowest BCUT2D eigenvalue weighted by atomic mass is 10.1. The smallest absolute Gasteiger partial charge is 0.181 e. The van der Waals surface area contributed by atoms with E-state index in [4.69, 9.17) is 0 Å². The molecule has 1 fully saturated rings. The molecule has 3 rings (SSSR count). The first-order valence-electron chi connectivity index (χ1n) is 4.53. The van der Waals surface area contributed by atoms with Crippen molar-refractivity contribution in [2.75, 3.05) is 0 Å². The van der Waals surface area contributed by atoms with Gasteiger partial charge in [-0.25, -0.2) is 0 Å². The second-order valence-electron chi connectivity index (χ2n) is 3.56. The predicted molar refractivity (Wildman–Crippen MR) is 53.8 cm³/mol. The van der Waals surface area contributed by atoms with Crippen LogP contribution in [0.2, 0.25) is 0 Å². The molecule has 2 heteroatoms. The third-order valence-corrected chi connectivity index (χ3v) is 3.55. The van der Waals surface area contributed by atoms with Gasteiger partial charge in [-0.05, 0) is 30.2 Å². The fourth-order valence-corrected chi connectivity index (χ4v) is 2.80. The van der Waals surface area contributed by atoms with Gasteiger partial charge in [0.25, 0.3) is 0 Å². The lowest BCUT2D eigenvalue weighted by Crippen LogP contribution is -1.78. The van der Waals surface area contributed by atoms with Crippen LogP contribution in [0.4, 0.5) is 4.39 Å². The molecule has 13 heavy (non-hydrogen) atoms. The van der Waals surface area contributed by atoms with Gasteiger partial charge in [0.1, 0.15) is 0 Å². The first kappa shape index (κ1) is 7.51. The van der Waals surface area contributed by atoms with Gasteiger partial charge in [-0.2, -0.15) is 4.39 Å². The largest absolute Gasteiger partial charge is 0.195 e. The van der Waals surface area contributed by atoms with Crippen molar-refractivity contribution in [3.05, 3.63) is 35.0 Å².